The number of hydrogen-bond donors (Lipinski definition) is 0. The van der Waals surface area contributed by atoms with Crippen molar-refractivity contribution < 1.29 is 4.79 Å². The number of Topliss-reactive ketones (excluding diaryl/α,β-unsaturated/α-hetero) is 1. The summed E-state index contributed by atoms with van der Waals surface area (Å²) in [5.74, 6) is 0.260. The SMILES string of the molecule is C=CCCCCCC(=O)c1cccc2ccccc12. The molecule has 2 aromatic carbocycles. The van der Waals surface area contributed by atoms with Gasteiger partial charge in [-0.2, -0.15) is 0 Å². The molecular formula is C18H20O. The second kappa shape index (κ2) is 6.89. The van der Waals surface area contributed by atoms with Gasteiger partial charge in [-0.15, -0.1) is 6.58 Å². The predicted molar refractivity (Wildman–Crippen MR) is 81.6 cm³/mol. The molecular weight excluding hydrogens is 232 g/mol. The van der Waals surface area contributed by atoms with Gasteiger partial charge in [0.25, 0.3) is 0 Å². The fourth-order valence-electron chi connectivity index (χ4n) is 2.35. The molecule has 0 saturated heterocycles. The van der Waals surface area contributed by atoms with Crippen molar-refractivity contribution in [3.63, 3.8) is 0 Å². The first kappa shape index (κ1) is 13.5. The van der Waals surface area contributed by atoms with Crippen molar-refractivity contribution in [3.05, 3.63) is 60.7 Å². The summed E-state index contributed by atoms with van der Waals surface area (Å²) in [5.41, 5.74) is 0.863. The van der Waals surface area contributed by atoms with Gasteiger partial charge in [0, 0.05) is 12.0 Å². The summed E-state index contributed by atoms with van der Waals surface area (Å²) in [7, 11) is 0. The summed E-state index contributed by atoms with van der Waals surface area (Å²) in [6, 6.07) is 14.0. The van der Waals surface area contributed by atoms with Gasteiger partial charge in [-0.05, 0) is 30.0 Å². The summed E-state index contributed by atoms with van der Waals surface area (Å²) in [6.07, 6.45) is 6.82. The first-order chi connectivity index (χ1) is 9.33. The van der Waals surface area contributed by atoms with Crippen LogP contribution in [0, 0.1) is 0 Å². The highest BCUT2D eigenvalue weighted by Gasteiger charge is 2.08. The molecule has 98 valence electrons. The normalized spacial score (nSPS) is 10.5. The molecule has 1 heteroatoms. The van der Waals surface area contributed by atoms with Crippen LogP contribution in [0.4, 0.5) is 0 Å². The molecule has 2 rings (SSSR count). The van der Waals surface area contributed by atoms with E-state index in [1.54, 1.807) is 0 Å². The summed E-state index contributed by atoms with van der Waals surface area (Å²) >= 11 is 0. The Labute approximate surface area is 115 Å². The lowest BCUT2D eigenvalue weighted by Gasteiger charge is -2.05. The van der Waals surface area contributed by atoms with Crippen LogP contribution < -0.4 is 0 Å². The average Bonchev–Trinajstić information content (AvgIpc) is 2.46. The maximum Gasteiger partial charge on any atom is 0.163 e. The number of fused-ring (bicyclic) bond motifs is 1. The van der Waals surface area contributed by atoms with Gasteiger partial charge in [0.15, 0.2) is 5.78 Å². The molecule has 0 radical (unpaired) electrons. The number of carbonyl (C=O) groups is 1. The Hall–Kier alpha value is -1.89. The van der Waals surface area contributed by atoms with E-state index in [-0.39, 0.29) is 5.78 Å². The van der Waals surface area contributed by atoms with Crippen LogP contribution in [0.2, 0.25) is 0 Å². The Balaban J connectivity index is 2.03. The van der Waals surface area contributed by atoms with E-state index in [9.17, 15) is 4.79 Å². The third-order valence-corrected chi connectivity index (χ3v) is 3.40. The highest BCUT2D eigenvalue weighted by atomic mass is 16.1. The van der Waals surface area contributed by atoms with E-state index >= 15 is 0 Å². The minimum absolute atomic E-state index is 0.260. The van der Waals surface area contributed by atoms with Gasteiger partial charge in [0.1, 0.15) is 0 Å². The van der Waals surface area contributed by atoms with E-state index in [4.69, 9.17) is 0 Å². The van der Waals surface area contributed by atoms with E-state index in [1.165, 1.54) is 0 Å². The van der Waals surface area contributed by atoms with Crippen molar-refractivity contribution in [3.8, 4) is 0 Å². The van der Waals surface area contributed by atoms with Crippen molar-refractivity contribution >= 4 is 16.6 Å². The molecule has 0 spiro atoms. The van der Waals surface area contributed by atoms with Crippen LogP contribution in [0.1, 0.15) is 42.5 Å². The Kier molecular flexibility index (Phi) is 4.91. The molecule has 1 nitrogen and oxygen atoms in total. The van der Waals surface area contributed by atoms with Crippen LogP contribution in [0.3, 0.4) is 0 Å². The third kappa shape index (κ3) is 3.54. The standard InChI is InChI=1S/C18H20O/c1-2-3-4-5-6-14-18(19)17-13-9-11-15-10-7-8-12-16(15)17/h2,7-13H,1,3-6,14H2. The zero-order valence-corrected chi connectivity index (χ0v) is 11.3. The fourth-order valence-corrected chi connectivity index (χ4v) is 2.35. The van der Waals surface area contributed by atoms with Gasteiger partial charge in [-0.1, -0.05) is 55.0 Å². The number of allylic oxidation sites excluding steroid dienone is 1. The molecule has 0 aliphatic carbocycles. The lowest BCUT2D eigenvalue weighted by atomic mass is 9.98. The molecule has 0 heterocycles. The number of ketones is 1. The molecule has 2 aromatic rings. The summed E-state index contributed by atoms with van der Waals surface area (Å²) in [5, 5.41) is 2.21. The van der Waals surface area contributed by atoms with Crippen molar-refractivity contribution in [2.75, 3.05) is 0 Å². The molecule has 0 saturated carbocycles. The first-order valence-corrected chi connectivity index (χ1v) is 6.95. The quantitative estimate of drug-likeness (QED) is 0.378. The fraction of sp³-hybridized carbons (Fsp3) is 0.278. The largest absolute Gasteiger partial charge is 0.294 e. The molecule has 0 bridgehead atoms. The maximum absolute atomic E-state index is 12.3. The molecule has 0 aliphatic rings. The number of unbranched alkanes of at least 4 members (excludes halogenated alkanes) is 3. The van der Waals surface area contributed by atoms with Crippen molar-refractivity contribution in [2.24, 2.45) is 0 Å². The molecule has 0 aromatic heterocycles. The van der Waals surface area contributed by atoms with E-state index < -0.39 is 0 Å². The van der Waals surface area contributed by atoms with Crippen molar-refractivity contribution in [1.29, 1.82) is 0 Å². The lowest BCUT2D eigenvalue weighted by Crippen LogP contribution is -1.99. The number of hydrogen-bond acceptors (Lipinski definition) is 1. The predicted octanol–water partition coefficient (Wildman–Crippen LogP) is 5.16. The third-order valence-electron chi connectivity index (χ3n) is 3.40. The van der Waals surface area contributed by atoms with Gasteiger partial charge in [-0.3, -0.25) is 4.79 Å². The van der Waals surface area contributed by atoms with Crippen LogP contribution in [-0.2, 0) is 0 Å². The zero-order valence-electron chi connectivity index (χ0n) is 11.3. The molecule has 0 atom stereocenters. The molecule has 19 heavy (non-hydrogen) atoms. The number of benzene rings is 2. The van der Waals surface area contributed by atoms with Crippen LogP contribution >= 0.6 is 0 Å². The lowest BCUT2D eigenvalue weighted by molar-refractivity contribution is 0.0981. The Bertz CT molecular complexity index is 563. The molecule has 0 fully saturated rings. The van der Waals surface area contributed by atoms with Gasteiger partial charge < -0.3 is 0 Å². The second-order valence-corrected chi connectivity index (χ2v) is 4.84. The average molecular weight is 252 g/mol. The second-order valence-electron chi connectivity index (χ2n) is 4.84. The molecule has 0 N–H and O–H groups in total. The molecule has 0 unspecified atom stereocenters. The monoisotopic (exact) mass is 252 g/mol. The van der Waals surface area contributed by atoms with E-state index in [1.807, 2.05) is 36.4 Å². The van der Waals surface area contributed by atoms with Crippen LogP contribution in [0.15, 0.2) is 55.1 Å². The van der Waals surface area contributed by atoms with Crippen LogP contribution in [0.25, 0.3) is 10.8 Å². The Morgan fingerprint density at radius 3 is 2.63 bits per heavy atom. The van der Waals surface area contributed by atoms with Crippen LogP contribution in [-0.4, -0.2) is 5.78 Å². The smallest absolute Gasteiger partial charge is 0.163 e. The van der Waals surface area contributed by atoms with Crippen molar-refractivity contribution in [1.82, 2.24) is 0 Å². The number of carbonyl (C=O) groups excluding carboxylic acids is 1. The topological polar surface area (TPSA) is 17.1 Å². The Morgan fingerprint density at radius 2 is 1.79 bits per heavy atom. The molecule has 0 aliphatic heterocycles. The van der Waals surface area contributed by atoms with Gasteiger partial charge in [-0.25, -0.2) is 0 Å². The van der Waals surface area contributed by atoms with Crippen molar-refractivity contribution in [2.45, 2.75) is 32.1 Å². The highest BCUT2D eigenvalue weighted by molar-refractivity contribution is 6.08. The minimum Gasteiger partial charge on any atom is -0.294 e. The summed E-state index contributed by atoms with van der Waals surface area (Å²) in [4.78, 5) is 12.3. The highest BCUT2D eigenvalue weighted by Crippen LogP contribution is 2.20. The zero-order chi connectivity index (χ0) is 13.5. The van der Waals surface area contributed by atoms with Gasteiger partial charge >= 0.3 is 0 Å². The number of rotatable bonds is 7. The van der Waals surface area contributed by atoms with E-state index in [0.717, 1.165) is 42.0 Å². The summed E-state index contributed by atoms with van der Waals surface area (Å²) in [6.45, 7) is 3.71. The van der Waals surface area contributed by atoms with Gasteiger partial charge in [0.2, 0.25) is 0 Å². The Morgan fingerprint density at radius 1 is 1.00 bits per heavy atom. The minimum atomic E-state index is 0.260. The maximum atomic E-state index is 12.3. The van der Waals surface area contributed by atoms with E-state index in [2.05, 4.69) is 18.7 Å². The van der Waals surface area contributed by atoms with Gasteiger partial charge in [0.05, 0.1) is 0 Å². The van der Waals surface area contributed by atoms with Crippen LogP contribution in [0.5, 0.6) is 0 Å². The summed E-state index contributed by atoms with van der Waals surface area (Å²) < 4.78 is 0. The first-order valence-electron chi connectivity index (χ1n) is 6.95. The van der Waals surface area contributed by atoms with E-state index in [0.29, 0.717) is 6.42 Å². The molecule has 0 amide bonds.